The summed E-state index contributed by atoms with van der Waals surface area (Å²) in [6.07, 6.45) is -4.73. The van der Waals surface area contributed by atoms with Gasteiger partial charge in [0.15, 0.2) is 5.41 Å². The minimum absolute atomic E-state index is 0.0661. The maximum Gasteiger partial charge on any atom is 0.404 e. The first-order valence-corrected chi connectivity index (χ1v) is 4.70. The Hall–Kier alpha value is -0.820. The molecule has 0 aliphatic carbocycles. The van der Waals surface area contributed by atoms with Crippen LogP contribution >= 0.6 is 0 Å². The lowest BCUT2D eigenvalue weighted by molar-refractivity contribution is -0.215. The van der Waals surface area contributed by atoms with Crippen molar-refractivity contribution in [1.29, 1.82) is 0 Å². The second-order valence-corrected chi connectivity index (χ2v) is 3.55. The van der Waals surface area contributed by atoms with E-state index >= 15 is 0 Å². The molecule has 0 bridgehead atoms. The molecule has 0 aromatic carbocycles. The van der Waals surface area contributed by atoms with Gasteiger partial charge in [0.25, 0.3) is 0 Å². The van der Waals surface area contributed by atoms with Crippen molar-refractivity contribution in [3.05, 3.63) is 0 Å². The molecule has 1 saturated heterocycles. The van der Waals surface area contributed by atoms with Crippen LogP contribution in [0, 0.1) is 5.41 Å². The lowest BCUT2D eigenvalue weighted by Crippen LogP contribution is -2.52. The predicted molar refractivity (Wildman–Crippen MR) is 48.0 cm³/mol. The van der Waals surface area contributed by atoms with Gasteiger partial charge in [-0.25, -0.2) is 0 Å². The monoisotopic (exact) mass is 225 g/mol. The number of carbonyl (C=O) groups excluding carboxylic acids is 1. The highest BCUT2D eigenvalue weighted by Crippen LogP contribution is 2.42. The normalized spacial score (nSPS) is 26.7. The molecule has 7 heteroatoms. The maximum absolute atomic E-state index is 12.8. The van der Waals surface area contributed by atoms with Crippen molar-refractivity contribution in [3.8, 4) is 0 Å². The van der Waals surface area contributed by atoms with Gasteiger partial charge in [-0.2, -0.15) is 13.2 Å². The highest BCUT2D eigenvalue weighted by atomic mass is 19.4. The first kappa shape index (κ1) is 12.3. The van der Waals surface area contributed by atoms with Crippen molar-refractivity contribution in [3.63, 3.8) is 0 Å². The van der Waals surface area contributed by atoms with Crippen molar-refractivity contribution in [2.45, 2.75) is 12.6 Å². The Labute approximate surface area is 85.4 Å². The van der Waals surface area contributed by atoms with Gasteiger partial charge in [-0.1, -0.05) is 0 Å². The number of nitrogens with two attached hydrogens (primary N) is 1. The van der Waals surface area contributed by atoms with E-state index in [0.717, 1.165) is 0 Å². The van der Waals surface area contributed by atoms with E-state index in [1.807, 2.05) is 0 Å². The molecule has 1 fully saturated rings. The summed E-state index contributed by atoms with van der Waals surface area (Å²) < 4.78 is 38.3. The Morgan fingerprint density at radius 3 is 2.60 bits per heavy atom. The molecule has 1 aliphatic heterocycles. The molecular formula is C8H14F3N3O. The summed E-state index contributed by atoms with van der Waals surface area (Å²) >= 11 is 0. The summed E-state index contributed by atoms with van der Waals surface area (Å²) in [6.45, 7) is 0.0478. The summed E-state index contributed by atoms with van der Waals surface area (Å²) in [4.78, 5) is 11.4. The van der Waals surface area contributed by atoms with Crippen LogP contribution in [0.3, 0.4) is 0 Å². The fraction of sp³-hybridized carbons (Fsp3) is 0.875. The van der Waals surface area contributed by atoms with E-state index in [-0.39, 0.29) is 32.6 Å². The van der Waals surface area contributed by atoms with Gasteiger partial charge in [-0.05, 0) is 13.0 Å². The molecule has 1 rings (SSSR count). The number of amides is 1. The van der Waals surface area contributed by atoms with Crippen LogP contribution in [0.15, 0.2) is 0 Å². The molecule has 0 aromatic rings. The Morgan fingerprint density at radius 1 is 1.53 bits per heavy atom. The lowest BCUT2D eigenvalue weighted by atomic mass is 9.85. The third kappa shape index (κ3) is 2.23. The van der Waals surface area contributed by atoms with Crippen molar-refractivity contribution >= 4 is 5.91 Å². The van der Waals surface area contributed by atoms with Gasteiger partial charge in [-0.15, -0.1) is 0 Å². The van der Waals surface area contributed by atoms with Crippen molar-refractivity contribution in [1.82, 2.24) is 10.6 Å². The van der Waals surface area contributed by atoms with E-state index in [2.05, 4.69) is 10.6 Å². The van der Waals surface area contributed by atoms with Crippen molar-refractivity contribution in [2.75, 3.05) is 26.2 Å². The van der Waals surface area contributed by atoms with Crippen LogP contribution in [0.5, 0.6) is 0 Å². The average Bonchev–Trinajstić information content (AvgIpc) is 2.62. The van der Waals surface area contributed by atoms with E-state index in [4.69, 9.17) is 5.73 Å². The number of nitrogens with one attached hydrogen (secondary N) is 2. The van der Waals surface area contributed by atoms with Crippen LogP contribution in [0.25, 0.3) is 0 Å². The summed E-state index contributed by atoms with van der Waals surface area (Å²) in [5.41, 5.74) is 2.84. The largest absolute Gasteiger partial charge is 0.404 e. The summed E-state index contributed by atoms with van der Waals surface area (Å²) in [5, 5.41) is 4.76. The topological polar surface area (TPSA) is 67.1 Å². The van der Waals surface area contributed by atoms with Gasteiger partial charge in [0.05, 0.1) is 0 Å². The minimum atomic E-state index is -4.52. The first-order chi connectivity index (χ1) is 6.94. The third-order valence-electron chi connectivity index (χ3n) is 2.56. The van der Waals surface area contributed by atoms with Crippen LogP contribution in [0.1, 0.15) is 6.42 Å². The minimum Gasteiger partial charge on any atom is -0.354 e. The van der Waals surface area contributed by atoms with Crippen LogP contribution in [-0.2, 0) is 4.79 Å². The van der Waals surface area contributed by atoms with Gasteiger partial charge >= 0.3 is 6.18 Å². The van der Waals surface area contributed by atoms with Crippen LogP contribution in [0.4, 0.5) is 13.2 Å². The molecule has 1 heterocycles. The number of hydrogen-bond acceptors (Lipinski definition) is 3. The Morgan fingerprint density at radius 2 is 2.20 bits per heavy atom. The first-order valence-electron chi connectivity index (χ1n) is 4.70. The SMILES string of the molecule is NCCNC(=O)C1(C(F)(F)F)CCNC1. The van der Waals surface area contributed by atoms with Gasteiger partial charge in [-0.3, -0.25) is 4.79 Å². The predicted octanol–water partition coefficient (Wildman–Crippen LogP) is -0.397. The highest BCUT2D eigenvalue weighted by molar-refractivity contribution is 5.84. The molecule has 1 atom stereocenters. The van der Waals surface area contributed by atoms with E-state index in [9.17, 15) is 18.0 Å². The number of hydrogen-bond donors (Lipinski definition) is 3. The molecular weight excluding hydrogens is 211 g/mol. The summed E-state index contributed by atoms with van der Waals surface area (Å²) in [6, 6.07) is 0. The van der Waals surface area contributed by atoms with Crippen LogP contribution < -0.4 is 16.4 Å². The number of halogens is 3. The molecule has 1 aliphatic rings. The van der Waals surface area contributed by atoms with E-state index in [0.29, 0.717) is 0 Å². The quantitative estimate of drug-likeness (QED) is 0.612. The van der Waals surface area contributed by atoms with Gasteiger partial charge in [0.2, 0.25) is 5.91 Å². The smallest absolute Gasteiger partial charge is 0.354 e. The number of rotatable bonds is 3. The highest BCUT2D eigenvalue weighted by Gasteiger charge is 2.61. The number of carbonyl (C=O) groups is 1. The molecule has 88 valence electrons. The van der Waals surface area contributed by atoms with Crippen molar-refractivity contribution in [2.24, 2.45) is 11.1 Å². The van der Waals surface area contributed by atoms with Crippen LogP contribution in [0.2, 0.25) is 0 Å². The zero-order valence-electron chi connectivity index (χ0n) is 8.16. The average molecular weight is 225 g/mol. The molecule has 1 unspecified atom stereocenters. The Balaban J connectivity index is 2.78. The molecule has 0 radical (unpaired) electrons. The third-order valence-corrected chi connectivity index (χ3v) is 2.56. The zero-order chi connectivity index (χ0) is 11.5. The standard InChI is InChI=1S/C8H14F3N3O/c9-8(10,11)7(1-3-13-5-7)6(15)14-4-2-12/h13H,1-5,12H2,(H,14,15). The van der Waals surface area contributed by atoms with Crippen LogP contribution in [-0.4, -0.2) is 38.3 Å². The molecule has 1 amide bonds. The molecule has 15 heavy (non-hydrogen) atoms. The second kappa shape index (κ2) is 4.36. The van der Waals surface area contributed by atoms with Gasteiger partial charge in [0, 0.05) is 19.6 Å². The fourth-order valence-corrected chi connectivity index (χ4v) is 1.61. The molecule has 0 saturated carbocycles. The Bertz CT molecular complexity index is 236. The fourth-order valence-electron chi connectivity index (χ4n) is 1.61. The molecule has 4 N–H and O–H groups in total. The van der Waals surface area contributed by atoms with Gasteiger partial charge < -0.3 is 16.4 Å². The van der Waals surface area contributed by atoms with E-state index in [1.165, 1.54) is 0 Å². The van der Waals surface area contributed by atoms with E-state index < -0.39 is 17.5 Å². The molecule has 0 spiro atoms. The van der Waals surface area contributed by atoms with Crippen molar-refractivity contribution < 1.29 is 18.0 Å². The zero-order valence-corrected chi connectivity index (χ0v) is 8.16. The Kier molecular flexibility index (Phi) is 3.56. The van der Waals surface area contributed by atoms with E-state index in [1.54, 1.807) is 0 Å². The second-order valence-electron chi connectivity index (χ2n) is 3.55. The summed E-state index contributed by atoms with van der Waals surface area (Å²) in [5.74, 6) is -0.981. The number of alkyl halides is 3. The van der Waals surface area contributed by atoms with Gasteiger partial charge in [0.1, 0.15) is 0 Å². The molecule has 0 aromatic heterocycles. The summed E-state index contributed by atoms with van der Waals surface area (Å²) in [7, 11) is 0. The molecule has 4 nitrogen and oxygen atoms in total. The maximum atomic E-state index is 12.8. The lowest BCUT2D eigenvalue weighted by Gasteiger charge is -2.29.